The first-order chi connectivity index (χ1) is 12.3. The van der Waals surface area contributed by atoms with Crippen LogP contribution in [0.3, 0.4) is 0 Å². The average Bonchev–Trinajstić information content (AvgIpc) is 2.59. The van der Waals surface area contributed by atoms with Gasteiger partial charge in [-0.1, -0.05) is 29.8 Å². The Morgan fingerprint density at radius 2 is 1.92 bits per heavy atom. The number of hydrogen-bond donors (Lipinski definition) is 3. The van der Waals surface area contributed by atoms with E-state index < -0.39 is 16.0 Å². The van der Waals surface area contributed by atoms with Gasteiger partial charge in [0.1, 0.15) is 0 Å². The summed E-state index contributed by atoms with van der Waals surface area (Å²) in [4.78, 5) is 10.5. The van der Waals surface area contributed by atoms with Gasteiger partial charge in [-0.2, -0.15) is 5.10 Å². The Morgan fingerprint density at radius 1 is 1.19 bits per heavy atom. The summed E-state index contributed by atoms with van der Waals surface area (Å²) in [7, 11) is -3.79. The van der Waals surface area contributed by atoms with Crippen molar-refractivity contribution in [3.05, 3.63) is 59.1 Å². The zero-order chi connectivity index (χ0) is 19.2. The number of nitrogens with zero attached hydrogens (tertiary/aromatic N) is 1. The highest BCUT2D eigenvalue weighted by Gasteiger charge is 2.15. The molecule has 0 fully saturated rings. The highest BCUT2D eigenvalue weighted by molar-refractivity contribution is 7.89. The maximum atomic E-state index is 12.2. The van der Waals surface area contributed by atoms with Gasteiger partial charge in [0.2, 0.25) is 10.0 Å². The van der Waals surface area contributed by atoms with E-state index in [9.17, 15) is 13.2 Å². The van der Waals surface area contributed by atoms with E-state index in [0.29, 0.717) is 22.0 Å². The molecule has 2 rings (SSSR count). The first-order valence-electron chi connectivity index (χ1n) is 7.66. The summed E-state index contributed by atoms with van der Waals surface area (Å²) >= 11 is 5.91. The summed E-state index contributed by atoms with van der Waals surface area (Å²) in [5, 5.41) is 13.4. The lowest BCUT2D eigenvalue weighted by Gasteiger charge is -2.08. The SMILES string of the molecule is C/C(=N/Nc1cccc(Cl)c1)c1cccc(S(=O)(=O)NCCC(=O)O)c1. The van der Waals surface area contributed by atoms with Crippen molar-refractivity contribution in [2.45, 2.75) is 18.2 Å². The number of carboxylic acid groups (broad SMARTS) is 1. The summed E-state index contributed by atoms with van der Waals surface area (Å²) < 4.78 is 26.7. The summed E-state index contributed by atoms with van der Waals surface area (Å²) in [5.74, 6) is -1.07. The topological polar surface area (TPSA) is 108 Å². The summed E-state index contributed by atoms with van der Waals surface area (Å²) in [5.41, 5.74) is 4.75. The van der Waals surface area contributed by atoms with Gasteiger partial charge in [-0.15, -0.1) is 0 Å². The number of anilines is 1. The molecule has 0 unspecified atom stereocenters. The van der Waals surface area contributed by atoms with Crippen molar-refractivity contribution < 1.29 is 18.3 Å². The molecule has 3 N–H and O–H groups in total. The van der Waals surface area contributed by atoms with Gasteiger partial charge >= 0.3 is 5.97 Å². The van der Waals surface area contributed by atoms with Crippen LogP contribution in [0, 0.1) is 0 Å². The molecule has 0 saturated heterocycles. The van der Waals surface area contributed by atoms with Crippen LogP contribution in [-0.2, 0) is 14.8 Å². The van der Waals surface area contributed by atoms with Gasteiger partial charge in [0.15, 0.2) is 0 Å². The quantitative estimate of drug-likeness (QED) is 0.470. The fraction of sp³-hybridized carbons (Fsp3) is 0.176. The Balaban J connectivity index is 2.14. The molecule has 2 aromatic carbocycles. The third-order valence-electron chi connectivity index (χ3n) is 3.37. The molecule has 0 amide bonds. The molecule has 2 aromatic rings. The van der Waals surface area contributed by atoms with Crippen molar-refractivity contribution >= 4 is 39.0 Å². The van der Waals surface area contributed by atoms with Gasteiger partial charge in [0.25, 0.3) is 0 Å². The molecule has 0 radical (unpaired) electrons. The molecule has 7 nitrogen and oxygen atoms in total. The minimum Gasteiger partial charge on any atom is -0.481 e. The number of sulfonamides is 1. The Hall–Kier alpha value is -2.42. The van der Waals surface area contributed by atoms with E-state index >= 15 is 0 Å². The molecule has 26 heavy (non-hydrogen) atoms. The molecule has 0 atom stereocenters. The molecule has 0 spiro atoms. The van der Waals surface area contributed by atoms with Crippen LogP contribution in [0.15, 0.2) is 58.5 Å². The maximum Gasteiger partial charge on any atom is 0.304 e. The van der Waals surface area contributed by atoms with Gasteiger partial charge in [0.05, 0.1) is 22.7 Å². The number of hydrazone groups is 1. The van der Waals surface area contributed by atoms with Crippen molar-refractivity contribution in [2.24, 2.45) is 5.10 Å². The molecule has 9 heteroatoms. The Morgan fingerprint density at radius 3 is 2.62 bits per heavy atom. The van der Waals surface area contributed by atoms with Gasteiger partial charge in [-0.25, -0.2) is 13.1 Å². The molecule has 0 aliphatic carbocycles. The second-order valence-electron chi connectivity index (χ2n) is 5.39. The van der Waals surface area contributed by atoms with Crippen LogP contribution in [0.5, 0.6) is 0 Å². The van der Waals surface area contributed by atoms with Crippen LogP contribution in [-0.4, -0.2) is 31.8 Å². The van der Waals surface area contributed by atoms with Crippen LogP contribution < -0.4 is 10.1 Å². The first-order valence-corrected chi connectivity index (χ1v) is 9.52. The molecule has 0 saturated carbocycles. The van der Waals surface area contributed by atoms with Crippen LogP contribution in [0.4, 0.5) is 5.69 Å². The lowest BCUT2D eigenvalue weighted by atomic mass is 10.1. The summed E-state index contributed by atoms with van der Waals surface area (Å²) in [6.07, 6.45) is -0.289. The van der Waals surface area contributed by atoms with Crippen LogP contribution >= 0.6 is 11.6 Å². The highest BCUT2D eigenvalue weighted by Crippen LogP contribution is 2.16. The molecule has 0 aromatic heterocycles. The molecule has 0 aliphatic heterocycles. The van der Waals surface area contributed by atoms with E-state index in [1.165, 1.54) is 12.1 Å². The van der Waals surface area contributed by atoms with E-state index in [1.807, 2.05) is 0 Å². The zero-order valence-electron chi connectivity index (χ0n) is 13.9. The van der Waals surface area contributed by atoms with Gasteiger partial charge < -0.3 is 5.11 Å². The zero-order valence-corrected chi connectivity index (χ0v) is 15.5. The first kappa shape index (κ1) is 19.9. The molecule has 0 heterocycles. The van der Waals surface area contributed by atoms with Crippen molar-refractivity contribution in [1.82, 2.24) is 4.72 Å². The average molecular weight is 396 g/mol. The van der Waals surface area contributed by atoms with Crippen LogP contribution in [0.2, 0.25) is 5.02 Å². The molecule has 0 bridgehead atoms. The van der Waals surface area contributed by atoms with E-state index in [-0.39, 0.29) is 17.9 Å². The van der Waals surface area contributed by atoms with Gasteiger partial charge in [-0.05, 0) is 42.8 Å². The minimum absolute atomic E-state index is 0.0395. The van der Waals surface area contributed by atoms with Crippen molar-refractivity contribution in [1.29, 1.82) is 0 Å². The number of nitrogens with one attached hydrogen (secondary N) is 2. The second kappa shape index (κ2) is 8.79. The second-order valence-corrected chi connectivity index (χ2v) is 7.59. The molecular formula is C17H18ClN3O4S. The number of carboxylic acids is 1. The third kappa shape index (κ3) is 5.83. The largest absolute Gasteiger partial charge is 0.481 e. The molecular weight excluding hydrogens is 378 g/mol. The standard InChI is InChI=1S/C17H18ClN3O4S/c1-12(20-21-15-6-3-5-14(18)11-15)13-4-2-7-16(10-13)26(24,25)19-9-8-17(22)23/h2-7,10-11,19,21H,8-9H2,1H3,(H,22,23)/b20-12-. The normalized spacial score (nSPS) is 12.0. The van der Waals surface area contributed by atoms with E-state index in [1.54, 1.807) is 43.3 Å². The Bertz CT molecular complexity index is 929. The van der Waals surface area contributed by atoms with Crippen molar-refractivity contribution in [2.75, 3.05) is 12.0 Å². The predicted octanol–water partition coefficient (Wildman–Crippen LogP) is 2.93. The predicted molar refractivity (Wildman–Crippen MR) is 101 cm³/mol. The van der Waals surface area contributed by atoms with Crippen molar-refractivity contribution in [3.63, 3.8) is 0 Å². The van der Waals surface area contributed by atoms with E-state index in [0.717, 1.165) is 0 Å². The summed E-state index contributed by atoms with van der Waals surface area (Å²) in [6.45, 7) is 1.56. The number of halogens is 1. The number of aliphatic carboxylic acids is 1. The maximum absolute atomic E-state index is 12.2. The van der Waals surface area contributed by atoms with Crippen LogP contribution in [0.25, 0.3) is 0 Å². The fourth-order valence-corrected chi connectivity index (χ4v) is 3.30. The number of carbonyl (C=O) groups is 1. The highest BCUT2D eigenvalue weighted by atomic mass is 35.5. The van der Waals surface area contributed by atoms with Gasteiger partial charge in [0, 0.05) is 11.6 Å². The van der Waals surface area contributed by atoms with Crippen LogP contribution in [0.1, 0.15) is 18.9 Å². The molecule has 138 valence electrons. The smallest absolute Gasteiger partial charge is 0.304 e. The monoisotopic (exact) mass is 395 g/mol. The number of benzene rings is 2. The van der Waals surface area contributed by atoms with Crippen molar-refractivity contribution in [3.8, 4) is 0 Å². The van der Waals surface area contributed by atoms with E-state index in [4.69, 9.17) is 16.7 Å². The Kier molecular flexibility index (Phi) is 6.73. The number of hydrogen-bond acceptors (Lipinski definition) is 5. The Labute approximate surface area is 156 Å². The van der Waals surface area contributed by atoms with E-state index in [2.05, 4.69) is 15.2 Å². The fourth-order valence-electron chi connectivity index (χ4n) is 2.03. The lowest BCUT2D eigenvalue weighted by molar-refractivity contribution is -0.136. The van der Waals surface area contributed by atoms with Gasteiger partial charge in [-0.3, -0.25) is 10.2 Å². The number of rotatable bonds is 8. The summed E-state index contributed by atoms with van der Waals surface area (Å²) in [6, 6.07) is 13.3. The lowest BCUT2D eigenvalue weighted by Crippen LogP contribution is -2.26. The third-order valence-corrected chi connectivity index (χ3v) is 5.06. The molecule has 0 aliphatic rings. The minimum atomic E-state index is -3.79.